The number of hydrogen-bond donors (Lipinski definition) is 2. The van der Waals surface area contributed by atoms with Crippen LogP contribution in [0.4, 0.5) is 31.8 Å². The first-order valence-corrected chi connectivity index (χ1v) is 30.5. The van der Waals surface area contributed by atoms with Crippen molar-refractivity contribution in [1.29, 1.82) is 0 Å². The molecule has 0 bridgehead atoms. The van der Waals surface area contributed by atoms with Gasteiger partial charge in [-0.3, -0.25) is 34.0 Å². The Hall–Kier alpha value is -6.77. The summed E-state index contributed by atoms with van der Waals surface area (Å²) in [7, 11) is 0. The molecule has 4 aromatic heterocycles. The molecule has 7 rings (SSSR count). The number of nitrogens with zero attached hydrogens (tertiary/aromatic N) is 9. The maximum absolute atomic E-state index is 12.9. The van der Waals surface area contributed by atoms with Gasteiger partial charge in [-0.15, -0.1) is 0 Å². The molecule has 3 amide bonds. The maximum Gasteiger partial charge on any atom is 0.416 e. The van der Waals surface area contributed by atoms with E-state index in [9.17, 15) is 28.8 Å². The van der Waals surface area contributed by atoms with Crippen LogP contribution in [0, 0.1) is 0 Å². The molecule has 4 aromatic rings. The molecule has 2 N–H and O–H groups in total. The van der Waals surface area contributed by atoms with E-state index in [1.54, 1.807) is 88.7 Å². The normalized spacial score (nSPS) is 21.8. The van der Waals surface area contributed by atoms with Crippen LogP contribution in [0.15, 0.2) is 46.8 Å². The van der Waals surface area contributed by atoms with E-state index in [0.717, 1.165) is 0 Å². The van der Waals surface area contributed by atoms with Gasteiger partial charge in [0.1, 0.15) is 77.4 Å². The number of imidazole rings is 1. The Morgan fingerprint density at radius 1 is 0.589 bits per heavy atom. The first-order chi connectivity index (χ1) is 42.5. The van der Waals surface area contributed by atoms with E-state index in [1.807, 2.05) is 46.1 Å². The fraction of sp³-hybridized carbons (Fsp3) is 0.717. The summed E-state index contributed by atoms with van der Waals surface area (Å²) < 4.78 is 77.5. The first kappa shape index (κ1) is 74.0. The highest BCUT2D eigenvalue weighted by Crippen LogP contribution is 2.35. The predicted octanol–water partition coefficient (Wildman–Crippen LogP) is 7.89. The topological polar surface area (TPSA) is 329 Å². The van der Waals surface area contributed by atoms with Gasteiger partial charge < -0.3 is 61.6 Å². The Morgan fingerprint density at radius 2 is 1.03 bits per heavy atom. The van der Waals surface area contributed by atoms with Gasteiger partial charge >= 0.3 is 29.7 Å². The lowest BCUT2D eigenvalue weighted by atomic mass is 10.1. The van der Waals surface area contributed by atoms with Crippen molar-refractivity contribution in [2.24, 2.45) is 0 Å². The molecule has 0 aromatic carbocycles. The van der Waals surface area contributed by atoms with Crippen LogP contribution in [0.1, 0.15) is 156 Å². The summed E-state index contributed by atoms with van der Waals surface area (Å²) in [5.41, 5.74) is -3.18. The lowest BCUT2D eigenvalue weighted by molar-refractivity contribution is -0.139. The van der Waals surface area contributed by atoms with Crippen LogP contribution in [-0.4, -0.2) is 188 Å². The van der Waals surface area contributed by atoms with Gasteiger partial charge in [-0.2, -0.15) is 9.97 Å². The third kappa shape index (κ3) is 22.9. The second-order valence-electron chi connectivity index (χ2n) is 24.4. The number of aromatic nitrogens is 8. The molecule has 0 radical (unpaired) electrons. The zero-order valence-electron chi connectivity index (χ0n) is 55.2. The summed E-state index contributed by atoms with van der Waals surface area (Å²) in [6, 6.07) is 3.05. The highest BCUT2D eigenvalue weighted by atomic mass is 16.6. The summed E-state index contributed by atoms with van der Waals surface area (Å²) in [5.74, 6) is 0.479. The first-order valence-electron chi connectivity index (χ1n) is 30.5. The fourth-order valence-electron chi connectivity index (χ4n) is 9.48. The van der Waals surface area contributed by atoms with Crippen LogP contribution < -0.4 is 26.9 Å². The van der Waals surface area contributed by atoms with Gasteiger partial charge in [-0.05, 0) is 130 Å². The molecule has 504 valence electrons. The van der Waals surface area contributed by atoms with E-state index in [-0.39, 0.29) is 66.9 Å². The second kappa shape index (κ2) is 34.1. The third-order valence-electron chi connectivity index (χ3n) is 13.1. The zero-order valence-corrected chi connectivity index (χ0v) is 55.2. The number of fused-ring (bicyclic) bond motifs is 1. The predicted molar refractivity (Wildman–Crippen MR) is 328 cm³/mol. The quantitative estimate of drug-likeness (QED) is 0.0470. The van der Waals surface area contributed by atoms with Crippen molar-refractivity contribution in [3.63, 3.8) is 0 Å². The number of hydrogen-bond acceptors (Lipinski definition) is 24. The minimum absolute atomic E-state index is 0.0696. The number of anilines is 3. The standard InChI is InChI=1S/C23H37N3O8.C19H29N5O5.C18H29N3O6/c1-8-30-13-17-16(31-9-2)12-19(33-17)25-11-10-18(24-20(25)28)26(14-23(6,7)32-15-27)21(29)34-22(3,4)5;1-6-26-9-13-12(27-7-2)8-14(28-13)24-11-22-15-16(20-10-21-17(15)24)23-18(25)29-19(3,4)5;1-6-24-11-13-12(25-7-2)10-15(26-13)21-9-8-14(19-16(21)22)20-17(23)27-18(3,4)5/h10-11,15-17,19H,8-9,12-14H2,1-7H3;10-14H,6-9H2,1-5H3,(H,20,21,23,25);8-9,12-13,15H,6-7,10-11H2,1-5H3,(H,19,20,22,23)/t16-,17-,19-;12-,13-,14-;12-,13-,15-/m111/s1. The van der Waals surface area contributed by atoms with Gasteiger partial charge in [0.05, 0.1) is 51.0 Å². The second-order valence-corrected chi connectivity index (χ2v) is 24.4. The van der Waals surface area contributed by atoms with Crippen LogP contribution in [0.25, 0.3) is 11.2 Å². The van der Waals surface area contributed by atoms with E-state index < -0.39 is 64.5 Å². The summed E-state index contributed by atoms with van der Waals surface area (Å²) in [6.07, 6.45) is 3.16. The molecule has 0 unspecified atom stereocenters. The van der Waals surface area contributed by atoms with E-state index in [2.05, 4.69) is 35.6 Å². The summed E-state index contributed by atoms with van der Waals surface area (Å²) in [4.78, 5) is 95.1. The van der Waals surface area contributed by atoms with Gasteiger partial charge in [0.25, 0.3) is 6.47 Å². The molecule has 90 heavy (non-hydrogen) atoms. The summed E-state index contributed by atoms with van der Waals surface area (Å²) in [5, 5.41) is 5.09. The lowest BCUT2D eigenvalue weighted by Crippen LogP contribution is -2.47. The maximum atomic E-state index is 12.9. The van der Waals surface area contributed by atoms with Gasteiger partial charge in [-0.25, -0.2) is 38.9 Å². The molecular formula is C60H95N11O19. The third-order valence-corrected chi connectivity index (χ3v) is 13.1. The molecule has 30 heteroatoms. The van der Waals surface area contributed by atoms with Crippen molar-refractivity contribution < 1.29 is 80.8 Å². The van der Waals surface area contributed by atoms with Crippen molar-refractivity contribution in [2.75, 3.05) is 81.5 Å². The van der Waals surface area contributed by atoms with Crippen LogP contribution in [0.3, 0.4) is 0 Å². The van der Waals surface area contributed by atoms with Crippen molar-refractivity contribution in [2.45, 2.75) is 215 Å². The Balaban J connectivity index is 0.000000247. The Morgan fingerprint density at radius 3 is 1.46 bits per heavy atom. The molecule has 3 aliphatic heterocycles. The van der Waals surface area contributed by atoms with E-state index >= 15 is 0 Å². The molecule has 3 saturated heterocycles. The number of carbonyl (C=O) groups is 4. The highest BCUT2D eigenvalue weighted by Gasteiger charge is 2.41. The summed E-state index contributed by atoms with van der Waals surface area (Å²) in [6.45, 7) is 35.5. The van der Waals surface area contributed by atoms with Crippen molar-refractivity contribution in [3.05, 3.63) is 58.1 Å². The van der Waals surface area contributed by atoms with E-state index in [4.69, 9.17) is 61.6 Å². The average Bonchev–Trinajstić information content (AvgIpc) is 1.70. The molecule has 0 aliphatic carbocycles. The molecule has 30 nitrogen and oxygen atoms in total. The van der Waals surface area contributed by atoms with Crippen LogP contribution in [0.5, 0.6) is 0 Å². The Bertz CT molecular complexity index is 3030. The molecule has 0 saturated carbocycles. The highest BCUT2D eigenvalue weighted by molar-refractivity contribution is 5.93. The van der Waals surface area contributed by atoms with Crippen molar-refractivity contribution in [1.82, 2.24) is 38.6 Å². The number of amides is 3. The smallest absolute Gasteiger partial charge is 0.416 e. The average molecular weight is 1270 g/mol. The zero-order chi connectivity index (χ0) is 66.6. The monoisotopic (exact) mass is 1270 g/mol. The minimum Gasteiger partial charge on any atom is -0.460 e. The molecule has 7 heterocycles. The summed E-state index contributed by atoms with van der Waals surface area (Å²) >= 11 is 0. The molecule has 3 aliphatic rings. The van der Waals surface area contributed by atoms with Crippen LogP contribution in [0.2, 0.25) is 0 Å². The van der Waals surface area contributed by atoms with E-state index in [0.29, 0.717) is 96.4 Å². The molecular weight excluding hydrogens is 1180 g/mol. The van der Waals surface area contributed by atoms with Crippen molar-refractivity contribution in [3.8, 4) is 0 Å². The lowest BCUT2D eigenvalue weighted by Gasteiger charge is -2.32. The number of nitrogens with one attached hydrogen (secondary N) is 2. The molecule has 0 spiro atoms. The van der Waals surface area contributed by atoms with Gasteiger partial charge in [0, 0.05) is 71.3 Å². The van der Waals surface area contributed by atoms with Crippen LogP contribution >= 0.6 is 0 Å². The number of ether oxygens (including phenoxy) is 13. The van der Waals surface area contributed by atoms with E-state index in [1.165, 1.54) is 38.7 Å². The number of rotatable bonds is 25. The van der Waals surface area contributed by atoms with Gasteiger partial charge in [-0.1, -0.05) is 0 Å². The fourth-order valence-corrected chi connectivity index (χ4v) is 9.48. The van der Waals surface area contributed by atoms with Crippen LogP contribution in [-0.2, 0) is 66.4 Å². The largest absolute Gasteiger partial charge is 0.460 e. The Kier molecular flexibility index (Phi) is 28.0. The molecule has 3 fully saturated rings. The minimum atomic E-state index is -1.04. The van der Waals surface area contributed by atoms with Crippen molar-refractivity contribution >= 4 is 53.4 Å². The number of carbonyl (C=O) groups excluding carboxylic acids is 4. The van der Waals surface area contributed by atoms with Gasteiger partial charge in [0.15, 0.2) is 17.0 Å². The molecule has 9 atom stereocenters. The Labute approximate surface area is 525 Å². The van der Waals surface area contributed by atoms with Gasteiger partial charge in [0.2, 0.25) is 0 Å². The SMILES string of the molecule is CCOC[C@H]1O[C@@H](n2ccc(N(CC(C)(C)OC=O)C(=O)OC(C)(C)C)nc2=O)C[C@H]1OCC.CCOC[C@H]1O[C@@H](n2ccc(NC(=O)OC(C)(C)C)nc2=O)C[C@H]1OCC.CCOC[C@H]1O[C@@H](n2cnc3c(NC(=O)OC(C)(C)C)ncnc32)C[C@H]1OCC.